The molecule has 2 aromatic heterocycles. The molecule has 2 aromatic carbocycles. The van der Waals surface area contributed by atoms with Crippen molar-refractivity contribution in [3.05, 3.63) is 71.6 Å². The number of nitrogens with one attached hydrogen (secondary N) is 4. The highest BCUT2D eigenvalue weighted by Crippen LogP contribution is 2.50. The molecule has 4 fully saturated rings. The highest BCUT2D eigenvalue weighted by molar-refractivity contribution is 5.88. The Morgan fingerprint density at radius 3 is 2.05 bits per heavy atom. The number of hydrogen-bond acceptors (Lipinski definition) is 9. The second-order valence-corrected chi connectivity index (χ2v) is 17.6. The maximum absolute atomic E-state index is 14.0. The lowest BCUT2D eigenvalue weighted by Gasteiger charge is -2.37. The second-order valence-electron chi connectivity index (χ2n) is 17.6. The van der Waals surface area contributed by atoms with E-state index in [9.17, 15) is 19.2 Å². The highest BCUT2D eigenvalue weighted by atomic mass is 16.5. The van der Waals surface area contributed by atoms with Crippen molar-refractivity contribution in [3.63, 3.8) is 0 Å². The third kappa shape index (κ3) is 7.77. The number of carbonyl (C=O) groups is 4. The number of ether oxygens (including phenoxy) is 3. The van der Waals surface area contributed by atoms with Gasteiger partial charge in [0, 0.05) is 25.8 Å². The molecule has 15 nitrogen and oxygen atoms in total. The van der Waals surface area contributed by atoms with Gasteiger partial charge in [-0.1, -0.05) is 38.1 Å². The van der Waals surface area contributed by atoms with E-state index in [1.807, 2.05) is 36.0 Å². The second kappa shape index (κ2) is 17.0. The van der Waals surface area contributed by atoms with Crippen molar-refractivity contribution >= 4 is 24.0 Å². The summed E-state index contributed by atoms with van der Waals surface area (Å²) in [4.78, 5) is 73.2. The van der Waals surface area contributed by atoms with Gasteiger partial charge in [-0.2, -0.15) is 0 Å². The highest BCUT2D eigenvalue weighted by Gasteiger charge is 2.51. The Kier molecular flexibility index (Phi) is 11.3. The van der Waals surface area contributed by atoms with Gasteiger partial charge in [-0.3, -0.25) is 9.59 Å². The van der Waals surface area contributed by atoms with Gasteiger partial charge in [0.1, 0.15) is 23.7 Å². The first-order chi connectivity index (χ1) is 29.6. The fourth-order valence-corrected chi connectivity index (χ4v) is 10.6. The van der Waals surface area contributed by atoms with Gasteiger partial charge < -0.3 is 44.6 Å². The number of carbonyl (C=O) groups excluding carboxylic acids is 4. The van der Waals surface area contributed by atoms with Crippen molar-refractivity contribution in [2.24, 2.45) is 17.8 Å². The molecule has 0 spiro atoms. The number of aromatic amines is 2. The van der Waals surface area contributed by atoms with E-state index in [2.05, 4.69) is 57.0 Å². The molecule has 4 aromatic rings. The average molecular weight is 833 g/mol. The number of methoxy groups -OCH3 is 2. The lowest BCUT2D eigenvalue weighted by Crippen LogP contribution is -2.54. The summed E-state index contributed by atoms with van der Waals surface area (Å²) in [6.07, 6.45) is 10.3. The van der Waals surface area contributed by atoms with Gasteiger partial charge in [-0.05, 0) is 121 Å². The molecule has 4 N–H and O–H groups in total. The van der Waals surface area contributed by atoms with Crippen molar-refractivity contribution in [1.29, 1.82) is 0 Å². The summed E-state index contributed by atoms with van der Waals surface area (Å²) in [5.74, 6) is 1.54. The van der Waals surface area contributed by atoms with Gasteiger partial charge in [0.2, 0.25) is 11.8 Å². The number of aryl methyl sites for hydroxylation is 2. The zero-order chi connectivity index (χ0) is 42.4. The first-order valence-electron chi connectivity index (χ1n) is 21.9. The molecule has 5 heterocycles. The van der Waals surface area contributed by atoms with Crippen LogP contribution in [0.3, 0.4) is 0 Å². The minimum atomic E-state index is -0.681. The molecule has 61 heavy (non-hydrogen) atoms. The van der Waals surface area contributed by atoms with Crippen molar-refractivity contribution in [2.75, 3.05) is 34.0 Å². The Morgan fingerprint density at radius 1 is 0.787 bits per heavy atom. The molecule has 0 radical (unpaired) electrons. The molecule has 9 rings (SSSR count). The van der Waals surface area contributed by atoms with Gasteiger partial charge >= 0.3 is 12.2 Å². The van der Waals surface area contributed by atoms with Crippen LogP contribution in [0.5, 0.6) is 0 Å². The summed E-state index contributed by atoms with van der Waals surface area (Å²) >= 11 is 0. The Morgan fingerprint density at radius 2 is 1.41 bits per heavy atom. The fraction of sp³-hybridized carbons (Fsp3) is 0.522. The van der Waals surface area contributed by atoms with Gasteiger partial charge in [-0.25, -0.2) is 19.6 Å². The number of benzene rings is 2. The van der Waals surface area contributed by atoms with Crippen LogP contribution in [0.1, 0.15) is 93.7 Å². The SMILES string of the molecule is COC(=O)N[C@H](C(=O)N1[C@@H]2CC[C@@H](C2)[C@H]1c1ncc(-c2ccc3c(c2)CCc2cc(-c4cnc([C@@H]5CCCN5C(=O)[C@@H](NC(=O)OC)C5CCOCC5)[nH]4)ccc2-3)[nH]1)C(C)C. The van der Waals surface area contributed by atoms with Crippen LogP contribution in [0.25, 0.3) is 33.6 Å². The van der Waals surface area contributed by atoms with E-state index < -0.39 is 24.3 Å². The summed E-state index contributed by atoms with van der Waals surface area (Å²) in [7, 11) is 2.63. The largest absolute Gasteiger partial charge is 0.453 e. The van der Waals surface area contributed by atoms with Crippen LogP contribution in [0.15, 0.2) is 48.8 Å². The summed E-state index contributed by atoms with van der Waals surface area (Å²) in [6.45, 7) is 5.60. The Bertz CT molecular complexity index is 2300. The maximum atomic E-state index is 14.0. The number of alkyl carbamates (subject to hydrolysis) is 2. The molecule has 2 bridgehead atoms. The standard InChI is InChI=1S/C46H56N8O7/c1-25(2)38(51-45(57)59-3)44(56)54-32-12-9-31(22-32)40(54)42-48-24-36(50-42)30-11-14-34-28(21-30)8-7-27-20-29(10-13-33(27)34)35-23-47-41(49-35)37-6-5-17-53(37)43(55)39(52-46(58)60-4)26-15-18-61-19-16-26/h10-11,13-14,20-21,23-26,31-32,37-40H,5-9,12,15-19,22H2,1-4H3,(H,47,49)(H,48,50)(H,51,57)(H,52,58)/t31-,32+,37-,38-,39-,40-/m0/s1. The van der Waals surface area contributed by atoms with Gasteiger partial charge in [-0.15, -0.1) is 0 Å². The zero-order valence-electron chi connectivity index (χ0n) is 35.4. The van der Waals surface area contributed by atoms with E-state index in [0.29, 0.717) is 38.5 Å². The molecule has 3 aliphatic heterocycles. The number of H-pyrrole nitrogens is 2. The van der Waals surface area contributed by atoms with Crippen LogP contribution in [0, 0.1) is 17.8 Å². The first-order valence-corrected chi connectivity index (χ1v) is 21.9. The predicted molar refractivity (Wildman–Crippen MR) is 226 cm³/mol. The minimum Gasteiger partial charge on any atom is -0.453 e. The van der Waals surface area contributed by atoms with Crippen LogP contribution in [0.4, 0.5) is 9.59 Å². The van der Waals surface area contributed by atoms with Crippen LogP contribution < -0.4 is 10.6 Å². The predicted octanol–water partition coefficient (Wildman–Crippen LogP) is 6.48. The summed E-state index contributed by atoms with van der Waals surface area (Å²) in [5.41, 5.74) is 8.87. The first kappa shape index (κ1) is 40.7. The average Bonchev–Trinajstić information content (AvgIpc) is 4.15. The number of nitrogens with zero attached hydrogens (tertiary/aromatic N) is 4. The van der Waals surface area contributed by atoms with E-state index >= 15 is 0 Å². The Hall–Kier alpha value is -5.70. The number of fused-ring (bicyclic) bond motifs is 5. The number of piperidine rings is 1. The molecular formula is C46H56N8O7. The van der Waals surface area contributed by atoms with Crippen LogP contribution in [-0.4, -0.2) is 106 Å². The van der Waals surface area contributed by atoms with Crippen LogP contribution in [-0.2, 0) is 36.6 Å². The van der Waals surface area contributed by atoms with Gasteiger partial charge in [0.15, 0.2) is 0 Å². The molecule has 6 atom stereocenters. The third-order valence-corrected chi connectivity index (χ3v) is 13.8. The summed E-state index contributed by atoms with van der Waals surface area (Å²) in [5, 5.41) is 5.60. The van der Waals surface area contributed by atoms with E-state index in [1.54, 1.807) is 0 Å². The summed E-state index contributed by atoms with van der Waals surface area (Å²) in [6, 6.07) is 11.5. The van der Waals surface area contributed by atoms with Crippen molar-refractivity contribution in [1.82, 2.24) is 40.4 Å². The number of rotatable bonds is 10. The van der Waals surface area contributed by atoms with E-state index in [4.69, 9.17) is 24.2 Å². The van der Waals surface area contributed by atoms with Gasteiger partial charge in [0.05, 0.1) is 50.1 Å². The van der Waals surface area contributed by atoms with E-state index in [0.717, 1.165) is 79.1 Å². The molecule has 15 heteroatoms. The van der Waals surface area contributed by atoms with E-state index in [1.165, 1.54) is 36.5 Å². The monoisotopic (exact) mass is 832 g/mol. The molecule has 1 saturated carbocycles. The van der Waals surface area contributed by atoms with Gasteiger partial charge in [0.25, 0.3) is 0 Å². The lowest BCUT2D eigenvalue weighted by molar-refractivity contribution is -0.139. The maximum Gasteiger partial charge on any atom is 0.407 e. The van der Waals surface area contributed by atoms with Crippen molar-refractivity contribution in [3.8, 4) is 33.6 Å². The Labute approximate surface area is 355 Å². The summed E-state index contributed by atoms with van der Waals surface area (Å²) < 4.78 is 15.3. The van der Waals surface area contributed by atoms with Crippen molar-refractivity contribution < 1.29 is 33.4 Å². The molecule has 322 valence electrons. The minimum absolute atomic E-state index is 0.0242. The number of hydrogen-bond donors (Lipinski definition) is 4. The molecule has 2 aliphatic carbocycles. The molecule has 5 aliphatic rings. The van der Waals surface area contributed by atoms with Crippen molar-refractivity contribution in [2.45, 2.75) is 102 Å². The quantitative estimate of drug-likeness (QED) is 0.139. The zero-order valence-corrected chi connectivity index (χ0v) is 35.4. The van der Waals surface area contributed by atoms with Crippen LogP contribution >= 0.6 is 0 Å². The molecule has 0 unspecified atom stereocenters. The van der Waals surface area contributed by atoms with Crippen LogP contribution in [0.2, 0.25) is 0 Å². The smallest absolute Gasteiger partial charge is 0.407 e. The Balaban J connectivity index is 0.904. The molecule has 4 amide bonds. The fourth-order valence-electron chi connectivity index (χ4n) is 10.6. The van der Waals surface area contributed by atoms with E-state index in [-0.39, 0.29) is 41.8 Å². The number of likely N-dealkylation sites (tertiary alicyclic amines) is 2. The lowest BCUT2D eigenvalue weighted by atomic mass is 9.83. The number of amides is 4. The normalized spacial score (nSPS) is 23.0. The molecular weight excluding hydrogens is 777 g/mol. The topological polar surface area (TPSA) is 184 Å². The third-order valence-electron chi connectivity index (χ3n) is 13.8. The molecule has 3 saturated heterocycles. The number of imidazole rings is 2. The number of aromatic nitrogens is 4.